The second-order valence-corrected chi connectivity index (χ2v) is 5.82. The second-order valence-electron chi connectivity index (χ2n) is 5.82. The lowest BCUT2D eigenvalue weighted by Gasteiger charge is -2.24. The quantitative estimate of drug-likeness (QED) is 0.919. The molecule has 0 aliphatic carbocycles. The number of carbonyl (C=O) groups excluding carboxylic acids is 1. The van der Waals surface area contributed by atoms with Gasteiger partial charge in [-0.3, -0.25) is 9.69 Å². The lowest BCUT2D eigenvalue weighted by atomic mass is 10.0. The lowest BCUT2D eigenvalue weighted by molar-refractivity contribution is -0.117. The van der Waals surface area contributed by atoms with Gasteiger partial charge in [0.1, 0.15) is 5.75 Å². The molecule has 23 heavy (non-hydrogen) atoms. The standard InChI is InChI=1S/C19H22N2O2/c1-23-17-11-9-16(10-12-17)20-19(22)14-21-13-5-8-18(21)15-6-3-2-4-7-15/h2-4,6-7,9-12,18H,5,8,13-14H2,1H3,(H,20,22)/t18-/m0/s1. The molecule has 1 saturated heterocycles. The fourth-order valence-electron chi connectivity index (χ4n) is 3.13. The molecule has 1 amide bonds. The number of likely N-dealkylation sites (tertiary alicyclic amines) is 1. The first-order valence-electron chi connectivity index (χ1n) is 7.99. The van der Waals surface area contributed by atoms with E-state index in [0.29, 0.717) is 12.6 Å². The summed E-state index contributed by atoms with van der Waals surface area (Å²) in [5.41, 5.74) is 2.09. The van der Waals surface area contributed by atoms with Crippen molar-refractivity contribution >= 4 is 11.6 Å². The van der Waals surface area contributed by atoms with Crippen molar-refractivity contribution in [3.05, 3.63) is 60.2 Å². The third kappa shape index (κ3) is 3.90. The van der Waals surface area contributed by atoms with E-state index in [-0.39, 0.29) is 5.91 Å². The van der Waals surface area contributed by atoms with Gasteiger partial charge in [-0.25, -0.2) is 0 Å². The number of hydrogen-bond acceptors (Lipinski definition) is 3. The van der Waals surface area contributed by atoms with Crippen LogP contribution in [-0.4, -0.2) is 31.0 Å². The van der Waals surface area contributed by atoms with Gasteiger partial charge in [-0.05, 0) is 49.2 Å². The van der Waals surface area contributed by atoms with Crippen molar-refractivity contribution in [1.29, 1.82) is 0 Å². The third-order valence-corrected chi connectivity index (χ3v) is 4.27. The van der Waals surface area contributed by atoms with Gasteiger partial charge in [0.2, 0.25) is 5.91 Å². The van der Waals surface area contributed by atoms with Crippen LogP contribution in [0.2, 0.25) is 0 Å². The maximum atomic E-state index is 12.3. The van der Waals surface area contributed by atoms with Crippen LogP contribution in [0.1, 0.15) is 24.4 Å². The first-order valence-corrected chi connectivity index (χ1v) is 7.99. The van der Waals surface area contributed by atoms with Gasteiger partial charge in [0.05, 0.1) is 13.7 Å². The van der Waals surface area contributed by atoms with Gasteiger partial charge in [-0.1, -0.05) is 30.3 Å². The molecule has 2 aromatic rings. The normalized spacial score (nSPS) is 17.9. The Labute approximate surface area is 137 Å². The Kier molecular flexibility index (Phi) is 4.93. The average Bonchev–Trinajstić information content (AvgIpc) is 3.04. The molecule has 1 aliphatic rings. The average molecular weight is 310 g/mol. The van der Waals surface area contributed by atoms with Crippen LogP contribution in [-0.2, 0) is 4.79 Å². The smallest absolute Gasteiger partial charge is 0.238 e. The predicted molar refractivity (Wildman–Crippen MR) is 91.6 cm³/mol. The highest BCUT2D eigenvalue weighted by molar-refractivity contribution is 5.92. The van der Waals surface area contributed by atoms with E-state index in [9.17, 15) is 4.79 Å². The Morgan fingerprint density at radius 1 is 1.17 bits per heavy atom. The molecule has 1 aliphatic heterocycles. The van der Waals surface area contributed by atoms with E-state index < -0.39 is 0 Å². The molecule has 120 valence electrons. The maximum absolute atomic E-state index is 12.3. The molecule has 0 aromatic heterocycles. The van der Waals surface area contributed by atoms with Gasteiger partial charge in [0, 0.05) is 11.7 Å². The topological polar surface area (TPSA) is 41.6 Å². The molecular formula is C19H22N2O2. The Hall–Kier alpha value is -2.33. The number of nitrogens with zero attached hydrogens (tertiary/aromatic N) is 1. The van der Waals surface area contributed by atoms with Gasteiger partial charge in [-0.2, -0.15) is 0 Å². The summed E-state index contributed by atoms with van der Waals surface area (Å²) < 4.78 is 5.12. The van der Waals surface area contributed by atoms with Crippen LogP contribution in [0.15, 0.2) is 54.6 Å². The van der Waals surface area contributed by atoms with Crippen LogP contribution in [0.5, 0.6) is 5.75 Å². The Morgan fingerprint density at radius 3 is 2.61 bits per heavy atom. The molecule has 1 atom stereocenters. The zero-order chi connectivity index (χ0) is 16.1. The minimum atomic E-state index is 0.0259. The van der Waals surface area contributed by atoms with Crippen molar-refractivity contribution in [2.75, 3.05) is 25.5 Å². The molecule has 1 fully saturated rings. The van der Waals surface area contributed by atoms with Gasteiger partial charge < -0.3 is 10.1 Å². The molecule has 0 unspecified atom stereocenters. The number of ether oxygens (including phenoxy) is 1. The van der Waals surface area contributed by atoms with E-state index in [2.05, 4.69) is 34.5 Å². The van der Waals surface area contributed by atoms with Gasteiger partial charge in [0.15, 0.2) is 0 Å². The highest BCUT2D eigenvalue weighted by Crippen LogP contribution is 2.31. The van der Waals surface area contributed by atoms with Crippen LogP contribution >= 0.6 is 0 Å². The van der Waals surface area contributed by atoms with Crippen LogP contribution in [0.4, 0.5) is 5.69 Å². The first kappa shape index (κ1) is 15.6. The van der Waals surface area contributed by atoms with Gasteiger partial charge >= 0.3 is 0 Å². The molecule has 3 rings (SSSR count). The molecule has 0 bridgehead atoms. The first-order chi connectivity index (χ1) is 11.3. The maximum Gasteiger partial charge on any atom is 0.238 e. The highest BCUT2D eigenvalue weighted by atomic mass is 16.5. The van der Waals surface area contributed by atoms with Gasteiger partial charge in [-0.15, -0.1) is 0 Å². The predicted octanol–water partition coefficient (Wildman–Crippen LogP) is 3.47. The van der Waals surface area contributed by atoms with E-state index in [1.807, 2.05) is 30.3 Å². The van der Waals surface area contributed by atoms with Crippen molar-refractivity contribution in [3.8, 4) is 5.75 Å². The Balaban J connectivity index is 1.60. The SMILES string of the molecule is COc1ccc(NC(=O)CN2CCC[C@H]2c2ccccc2)cc1. The number of carbonyl (C=O) groups is 1. The number of rotatable bonds is 5. The summed E-state index contributed by atoms with van der Waals surface area (Å²) in [6.45, 7) is 1.39. The molecule has 1 heterocycles. The number of anilines is 1. The Morgan fingerprint density at radius 2 is 1.91 bits per heavy atom. The summed E-state index contributed by atoms with van der Waals surface area (Å²) in [6.07, 6.45) is 2.25. The van der Waals surface area contributed by atoms with Crippen LogP contribution in [0.25, 0.3) is 0 Å². The minimum Gasteiger partial charge on any atom is -0.497 e. The van der Waals surface area contributed by atoms with E-state index in [4.69, 9.17) is 4.74 Å². The van der Waals surface area contributed by atoms with E-state index in [0.717, 1.165) is 30.8 Å². The summed E-state index contributed by atoms with van der Waals surface area (Å²) in [7, 11) is 1.63. The third-order valence-electron chi connectivity index (χ3n) is 4.27. The summed E-state index contributed by atoms with van der Waals surface area (Å²) >= 11 is 0. The van der Waals surface area contributed by atoms with E-state index in [1.54, 1.807) is 7.11 Å². The number of hydrogen-bond donors (Lipinski definition) is 1. The van der Waals surface area contributed by atoms with E-state index in [1.165, 1.54) is 5.56 Å². The lowest BCUT2D eigenvalue weighted by Crippen LogP contribution is -2.32. The van der Waals surface area contributed by atoms with Crippen molar-refractivity contribution in [1.82, 2.24) is 4.90 Å². The van der Waals surface area contributed by atoms with Crippen molar-refractivity contribution < 1.29 is 9.53 Å². The fraction of sp³-hybridized carbons (Fsp3) is 0.316. The van der Waals surface area contributed by atoms with Crippen LogP contribution < -0.4 is 10.1 Å². The monoisotopic (exact) mass is 310 g/mol. The van der Waals surface area contributed by atoms with E-state index >= 15 is 0 Å². The number of nitrogens with one attached hydrogen (secondary N) is 1. The summed E-state index contributed by atoms with van der Waals surface area (Å²) in [4.78, 5) is 14.6. The molecule has 4 nitrogen and oxygen atoms in total. The summed E-state index contributed by atoms with van der Waals surface area (Å²) in [5, 5.41) is 2.96. The molecular weight excluding hydrogens is 288 g/mol. The molecule has 0 spiro atoms. The highest BCUT2D eigenvalue weighted by Gasteiger charge is 2.27. The fourth-order valence-corrected chi connectivity index (χ4v) is 3.13. The van der Waals surface area contributed by atoms with Crippen LogP contribution in [0, 0.1) is 0 Å². The summed E-state index contributed by atoms with van der Waals surface area (Å²) in [6, 6.07) is 18.2. The molecule has 2 aromatic carbocycles. The molecule has 1 N–H and O–H groups in total. The Bertz CT molecular complexity index is 640. The molecule has 4 heteroatoms. The largest absolute Gasteiger partial charge is 0.497 e. The number of methoxy groups -OCH3 is 1. The number of amides is 1. The molecule has 0 radical (unpaired) electrons. The zero-order valence-electron chi connectivity index (χ0n) is 13.4. The minimum absolute atomic E-state index is 0.0259. The van der Waals surface area contributed by atoms with Crippen molar-refractivity contribution in [2.45, 2.75) is 18.9 Å². The van der Waals surface area contributed by atoms with Crippen molar-refractivity contribution in [2.24, 2.45) is 0 Å². The second kappa shape index (κ2) is 7.29. The van der Waals surface area contributed by atoms with Crippen LogP contribution in [0.3, 0.4) is 0 Å². The zero-order valence-corrected chi connectivity index (χ0v) is 13.4. The van der Waals surface area contributed by atoms with Gasteiger partial charge in [0.25, 0.3) is 0 Å². The van der Waals surface area contributed by atoms with Crippen molar-refractivity contribution in [3.63, 3.8) is 0 Å². The number of benzene rings is 2. The summed E-state index contributed by atoms with van der Waals surface area (Å²) in [5.74, 6) is 0.810. The molecule has 0 saturated carbocycles.